The normalized spacial score (nSPS) is 31.8. The highest BCUT2D eigenvalue weighted by Crippen LogP contribution is 2.44. The zero-order chi connectivity index (χ0) is 6.04. The summed E-state index contributed by atoms with van der Waals surface area (Å²) in [6.07, 6.45) is 5.09. The fraction of sp³-hybridized carbons (Fsp3) is 1.00. The Labute approximate surface area is 51.9 Å². The molecule has 0 amide bonds. The summed E-state index contributed by atoms with van der Waals surface area (Å²) in [6, 6.07) is 0. The standard InChI is InChI=1S/C5H12O2S/c1-8(2)6-4-3-5-7-8/h3-5H2,1-2H3. The Morgan fingerprint density at radius 2 is 1.62 bits per heavy atom. The van der Waals surface area contributed by atoms with E-state index < -0.39 is 10.6 Å². The largest absolute Gasteiger partial charge is 0.285 e. The van der Waals surface area contributed by atoms with Crippen molar-refractivity contribution in [3.8, 4) is 0 Å². The van der Waals surface area contributed by atoms with Crippen molar-refractivity contribution >= 4 is 10.6 Å². The molecule has 0 radical (unpaired) electrons. The molecule has 0 aromatic carbocycles. The van der Waals surface area contributed by atoms with Gasteiger partial charge in [-0.05, 0) is 6.42 Å². The van der Waals surface area contributed by atoms with E-state index in [0.717, 1.165) is 19.6 Å². The Morgan fingerprint density at radius 3 is 1.88 bits per heavy atom. The van der Waals surface area contributed by atoms with Gasteiger partial charge < -0.3 is 0 Å². The first-order chi connectivity index (χ1) is 3.71. The zero-order valence-electron chi connectivity index (χ0n) is 5.35. The number of rotatable bonds is 0. The maximum atomic E-state index is 5.33. The van der Waals surface area contributed by atoms with E-state index in [1.54, 1.807) is 0 Å². The SMILES string of the molecule is CS1(C)OCCCO1. The van der Waals surface area contributed by atoms with Gasteiger partial charge in [0.15, 0.2) is 0 Å². The topological polar surface area (TPSA) is 18.5 Å². The van der Waals surface area contributed by atoms with Crippen LogP contribution in [0.4, 0.5) is 0 Å². The Morgan fingerprint density at radius 1 is 1.12 bits per heavy atom. The zero-order valence-corrected chi connectivity index (χ0v) is 6.16. The maximum absolute atomic E-state index is 5.33. The Bertz CT molecular complexity index is 74.5. The van der Waals surface area contributed by atoms with Crippen molar-refractivity contribution in [3.63, 3.8) is 0 Å². The average molecular weight is 136 g/mol. The molecule has 50 valence electrons. The van der Waals surface area contributed by atoms with E-state index in [1.165, 1.54) is 0 Å². The van der Waals surface area contributed by atoms with E-state index in [2.05, 4.69) is 0 Å². The number of hydrogen-bond acceptors (Lipinski definition) is 2. The average Bonchev–Trinajstić information content (AvgIpc) is 1.65. The van der Waals surface area contributed by atoms with Crippen LogP contribution in [-0.4, -0.2) is 25.7 Å². The molecule has 1 aliphatic rings. The molecule has 2 nitrogen and oxygen atoms in total. The van der Waals surface area contributed by atoms with Crippen LogP contribution in [0.15, 0.2) is 0 Å². The summed E-state index contributed by atoms with van der Waals surface area (Å²) in [4.78, 5) is 0. The third-order valence-corrected chi connectivity index (χ3v) is 2.49. The monoisotopic (exact) mass is 136 g/mol. The molecule has 0 unspecified atom stereocenters. The van der Waals surface area contributed by atoms with Gasteiger partial charge in [0, 0.05) is 12.5 Å². The molecule has 1 fully saturated rings. The van der Waals surface area contributed by atoms with Crippen LogP contribution < -0.4 is 0 Å². The van der Waals surface area contributed by atoms with Gasteiger partial charge in [0.1, 0.15) is 0 Å². The van der Waals surface area contributed by atoms with Gasteiger partial charge in [0.05, 0.1) is 13.2 Å². The van der Waals surface area contributed by atoms with E-state index in [0.29, 0.717) is 0 Å². The van der Waals surface area contributed by atoms with Crippen molar-refractivity contribution in [1.29, 1.82) is 0 Å². The molecule has 1 aliphatic heterocycles. The minimum Gasteiger partial charge on any atom is -0.285 e. The molecule has 0 N–H and O–H groups in total. The first-order valence-electron chi connectivity index (χ1n) is 2.73. The first kappa shape index (κ1) is 6.39. The fourth-order valence-corrected chi connectivity index (χ4v) is 1.72. The second-order valence-electron chi connectivity index (χ2n) is 2.14. The summed E-state index contributed by atoms with van der Waals surface area (Å²) in [5.41, 5.74) is 0. The van der Waals surface area contributed by atoms with Crippen LogP contribution in [0.3, 0.4) is 0 Å². The van der Waals surface area contributed by atoms with Gasteiger partial charge in [-0.2, -0.15) is 10.6 Å². The minimum absolute atomic E-state index is 0.877. The molecule has 0 aliphatic carbocycles. The highest BCUT2D eigenvalue weighted by molar-refractivity contribution is 8.24. The van der Waals surface area contributed by atoms with E-state index in [9.17, 15) is 0 Å². The predicted molar refractivity (Wildman–Crippen MR) is 36.0 cm³/mol. The molecule has 0 atom stereocenters. The van der Waals surface area contributed by atoms with Crippen LogP contribution in [0, 0.1) is 0 Å². The highest BCUT2D eigenvalue weighted by atomic mass is 32.3. The van der Waals surface area contributed by atoms with Gasteiger partial charge in [0.25, 0.3) is 0 Å². The molecule has 3 heteroatoms. The smallest absolute Gasteiger partial charge is 0.0736 e. The van der Waals surface area contributed by atoms with Crippen molar-refractivity contribution in [2.45, 2.75) is 6.42 Å². The van der Waals surface area contributed by atoms with Crippen molar-refractivity contribution in [2.75, 3.05) is 25.7 Å². The summed E-state index contributed by atoms with van der Waals surface area (Å²) >= 11 is 0. The van der Waals surface area contributed by atoms with Crippen molar-refractivity contribution in [1.82, 2.24) is 0 Å². The van der Waals surface area contributed by atoms with E-state index >= 15 is 0 Å². The number of hydrogen-bond donors (Lipinski definition) is 0. The molecule has 0 spiro atoms. The first-order valence-corrected chi connectivity index (χ1v) is 5.03. The molecule has 1 heterocycles. The third kappa shape index (κ3) is 1.65. The lowest BCUT2D eigenvalue weighted by molar-refractivity contribution is 0.194. The third-order valence-electron chi connectivity index (χ3n) is 1.02. The van der Waals surface area contributed by atoms with Crippen molar-refractivity contribution in [2.24, 2.45) is 0 Å². The van der Waals surface area contributed by atoms with E-state index in [1.807, 2.05) is 12.5 Å². The summed E-state index contributed by atoms with van der Waals surface area (Å²) in [5, 5.41) is 0. The molecule has 0 aromatic heterocycles. The molecule has 0 saturated carbocycles. The molecule has 1 saturated heterocycles. The minimum atomic E-state index is -1.08. The highest BCUT2D eigenvalue weighted by Gasteiger charge is 2.12. The van der Waals surface area contributed by atoms with Crippen molar-refractivity contribution in [3.05, 3.63) is 0 Å². The van der Waals surface area contributed by atoms with Crippen LogP contribution in [0.5, 0.6) is 0 Å². The van der Waals surface area contributed by atoms with Crippen molar-refractivity contribution < 1.29 is 8.37 Å². The van der Waals surface area contributed by atoms with Crippen LogP contribution in [-0.2, 0) is 8.37 Å². The molecular formula is C5H12O2S. The van der Waals surface area contributed by atoms with Crippen LogP contribution in [0.1, 0.15) is 6.42 Å². The second kappa shape index (κ2) is 2.25. The van der Waals surface area contributed by atoms with Crippen LogP contribution in [0.2, 0.25) is 0 Å². The fourth-order valence-electron chi connectivity index (χ4n) is 0.612. The van der Waals surface area contributed by atoms with Gasteiger partial charge in [-0.25, -0.2) is 0 Å². The summed E-state index contributed by atoms with van der Waals surface area (Å²) in [5.74, 6) is 0. The molecular weight excluding hydrogens is 124 g/mol. The van der Waals surface area contributed by atoms with Crippen LogP contribution in [0.25, 0.3) is 0 Å². The molecule has 0 bridgehead atoms. The molecule has 8 heavy (non-hydrogen) atoms. The summed E-state index contributed by atoms with van der Waals surface area (Å²) < 4.78 is 10.7. The lowest BCUT2D eigenvalue weighted by atomic mass is 10.5. The van der Waals surface area contributed by atoms with Crippen LogP contribution >= 0.6 is 10.6 Å². The quantitative estimate of drug-likeness (QED) is 0.500. The van der Waals surface area contributed by atoms with Gasteiger partial charge in [-0.3, -0.25) is 8.37 Å². The predicted octanol–water partition coefficient (Wildman–Crippen LogP) is 1.32. The van der Waals surface area contributed by atoms with Gasteiger partial charge in [0.2, 0.25) is 0 Å². The maximum Gasteiger partial charge on any atom is 0.0736 e. The van der Waals surface area contributed by atoms with E-state index in [-0.39, 0.29) is 0 Å². The lowest BCUT2D eigenvalue weighted by Gasteiger charge is -2.38. The Hall–Kier alpha value is 0.270. The second-order valence-corrected chi connectivity index (χ2v) is 4.90. The Kier molecular flexibility index (Phi) is 1.80. The summed E-state index contributed by atoms with van der Waals surface area (Å²) in [6.45, 7) is 1.75. The molecule has 1 rings (SSSR count). The lowest BCUT2D eigenvalue weighted by Crippen LogP contribution is -2.14. The van der Waals surface area contributed by atoms with Gasteiger partial charge >= 0.3 is 0 Å². The van der Waals surface area contributed by atoms with E-state index in [4.69, 9.17) is 8.37 Å². The summed E-state index contributed by atoms with van der Waals surface area (Å²) in [7, 11) is -1.08. The van der Waals surface area contributed by atoms with Gasteiger partial charge in [-0.1, -0.05) is 0 Å². The Balaban J connectivity index is 2.33. The molecule has 0 aromatic rings. The van der Waals surface area contributed by atoms with Gasteiger partial charge in [-0.15, -0.1) is 0 Å².